The Morgan fingerprint density at radius 1 is 1.19 bits per heavy atom. The predicted octanol–water partition coefficient (Wildman–Crippen LogP) is 3.54. The van der Waals surface area contributed by atoms with Crippen molar-refractivity contribution in [3.8, 4) is 17.2 Å². The summed E-state index contributed by atoms with van der Waals surface area (Å²) in [5, 5.41) is 0.904. The Labute approximate surface area is 158 Å². The van der Waals surface area contributed by atoms with Crippen LogP contribution in [0.25, 0.3) is 11.0 Å². The maximum Gasteiger partial charge on any atom is 0.338 e. The molecule has 0 radical (unpaired) electrons. The molecular formula is C19H13ClO7. The third kappa shape index (κ3) is 3.29. The summed E-state index contributed by atoms with van der Waals surface area (Å²) >= 11 is 6.09. The minimum absolute atomic E-state index is 0.0444. The molecule has 1 aliphatic heterocycles. The van der Waals surface area contributed by atoms with E-state index < -0.39 is 11.6 Å². The highest BCUT2D eigenvalue weighted by Gasteiger charge is 2.21. The highest BCUT2D eigenvalue weighted by atomic mass is 35.5. The summed E-state index contributed by atoms with van der Waals surface area (Å²) in [7, 11) is 1.52. The lowest BCUT2D eigenvalue weighted by Gasteiger charge is -2.09. The van der Waals surface area contributed by atoms with E-state index in [-0.39, 0.29) is 24.0 Å². The summed E-state index contributed by atoms with van der Waals surface area (Å²) in [6.07, 6.45) is 0. The lowest BCUT2D eigenvalue weighted by atomic mass is 10.1. The molecular weight excluding hydrogens is 376 g/mol. The smallest absolute Gasteiger partial charge is 0.338 e. The molecule has 4 rings (SSSR count). The van der Waals surface area contributed by atoms with E-state index in [9.17, 15) is 9.59 Å². The molecule has 0 saturated heterocycles. The maximum atomic E-state index is 12.4. The van der Waals surface area contributed by atoms with E-state index in [4.69, 9.17) is 35.0 Å². The molecule has 0 spiro atoms. The predicted molar refractivity (Wildman–Crippen MR) is 95.7 cm³/mol. The van der Waals surface area contributed by atoms with E-state index in [1.807, 2.05) is 0 Å². The molecule has 138 valence electrons. The summed E-state index contributed by atoms with van der Waals surface area (Å²) < 4.78 is 26.1. The van der Waals surface area contributed by atoms with Crippen molar-refractivity contribution in [1.29, 1.82) is 0 Å². The van der Waals surface area contributed by atoms with Gasteiger partial charge in [-0.2, -0.15) is 0 Å². The number of hydrogen-bond acceptors (Lipinski definition) is 7. The van der Waals surface area contributed by atoms with Crippen molar-refractivity contribution in [2.45, 2.75) is 6.61 Å². The lowest BCUT2D eigenvalue weighted by Crippen LogP contribution is -2.08. The van der Waals surface area contributed by atoms with Gasteiger partial charge in [0.15, 0.2) is 11.5 Å². The number of benzene rings is 2. The van der Waals surface area contributed by atoms with E-state index in [0.717, 1.165) is 0 Å². The third-order valence-corrected chi connectivity index (χ3v) is 4.34. The Morgan fingerprint density at radius 2 is 2.04 bits per heavy atom. The second kappa shape index (κ2) is 6.85. The molecule has 0 fully saturated rings. The van der Waals surface area contributed by atoms with Crippen LogP contribution in [-0.2, 0) is 11.3 Å². The minimum Gasteiger partial charge on any atom is -0.497 e. The van der Waals surface area contributed by atoms with Crippen molar-refractivity contribution in [1.82, 2.24) is 0 Å². The van der Waals surface area contributed by atoms with E-state index >= 15 is 0 Å². The number of rotatable bonds is 4. The number of esters is 1. The fourth-order valence-corrected chi connectivity index (χ4v) is 3.03. The molecule has 0 saturated carbocycles. The molecule has 2 heterocycles. The maximum absolute atomic E-state index is 12.4. The normalized spacial score (nSPS) is 12.2. The Hall–Kier alpha value is -3.19. The van der Waals surface area contributed by atoms with Gasteiger partial charge in [-0.05, 0) is 24.3 Å². The molecule has 0 unspecified atom stereocenters. The van der Waals surface area contributed by atoms with Crippen LogP contribution >= 0.6 is 11.6 Å². The molecule has 0 atom stereocenters. The first-order chi connectivity index (χ1) is 13.0. The molecule has 0 N–H and O–H groups in total. The van der Waals surface area contributed by atoms with Crippen molar-refractivity contribution in [2.75, 3.05) is 13.9 Å². The zero-order valence-electron chi connectivity index (χ0n) is 14.1. The summed E-state index contributed by atoms with van der Waals surface area (Å²) in [5.41, 5.74) is 0.536. The van der Waals surface area contributed by atoms with E-state index in [1.54, 1.807) is 18.2 Å². The largest absolute Gasteiger partial charge is 0.497 e. The number of carbonyl (C=O) groups is 1. The number of ether oxygens (including phenoxy) is 4. The van der Waals surface area contributed by atoms with Crippen molar-refractivity contribution >= 4 is 28.5 Å². The van der Waals surface area contributed by atoms with Gasteiger partial charge in [0.25, 0.3) is 0 Å². The van der Waals surface area contributed by atoms with Gasteiger partial charge >= 0.3 is 11.6 Å². The van der Waals surface area contributed by atoms with Crippen LogP contribution in [0.15, 0.2) is 45.6 Å². The second-order valence-electron chi connectivity index (χ2n) is 5.72. The Balaban J connectivity index is 1.59. The molecule has 1 aliphatic rings. The Bertz CT molecular complexity index is 1100. The van der Waals surface area contributed by atoms with Crippen molar-refractivity contribution in [3.05, 3.63) is 63.0 Å². The average molecular weight is 389 g/mol. The van der Waals surface area contributed by atoms with Gasteiger partial charge in [-0.1, -0.05) is 11.6 Å². The highest BCUT2D eigenvalue weighted by molar-refractivity contribution is 6.32. The first-order valence-corrected chi connectivity index (χ1v) is 8.30. The summed E-state index contributed by atoms with van der Waals surface area (Å²) in [5.74, 6) is 0.723. The number of methoxy groups -OCH3 is 1. The van der Waals surface area contributed by atoms with Crippen LogP contribution in [0.1, 0.15) is 15.9 Å². The van der Waals surface area contributed by atoms with Crippen molar-refractivity contribution in [3.63, 3.8) is 0 Å². The van der Waals surface area contributed by atoms with Gasteiger partial charge in [0.2, 0.25) is 6.79 Å². The van der Waals surface area contributed by atoms with Gasteiger partial charge in [-0.3, -0.25) is 0 Å². The fraction of sp³-hybridized carbons (Fsp3) is 0.158. The standard InChI is InChI=1S/C19H13ClO7/c1-23-12-2-3-13-11(6-17(21)27-15(13)7-12)8-24-19(22)10-4-14(20)18-16(5-10)25-9-26-18/h2-7H,8-9H2,1H3. The van der Waals surface area contributed by atoms with Gasteiger partial charge in [0, 0.05) is 23.1 Å². The summed E-state index contributed by atoms with van der Waals surface area (Å²) in [6, 6.07) is 9.29. The summed E-state index contributed by atoms with van der Waals surface area (Å²) in [4.78, 5) is 24.2. The van der Waals surface area contributed by atoms with E-state index in [2.05, 4.69) is 0 Å². The first kappa shape index (κ1) is 17.2. The van der Waals surface area contributed by atoms with Crippen LogP contribution in [0.4, 0.5) is 0 Å². The molecule has 0 bridgehead atoms. The second-order valence-corrected chi connectivity index (χ2v) is 6.13. The third-order valence-electron chi connectivity index (χ3n) is 4.06. The first-order valence-electron chi connectivity index (χ1n) is 7.92. The van der Waals surface area contributed by atoms with Crippen LogP contribution in [0, 0.1) is 0 Å². The van der Waals surface area contributed by atoms with Crippen LogP contribution in [0.3, 0.4) is 0 Å². The van der Waals surface area contributed by atoms with Gasteiger partial charge in [0.05, 0.1) is 17.7 Å². The zero-order chi connectivity index (χ0) is 19.0. The molecule has 0 aliphatic carbocycles. The lowest BCUT2D eigenvalue weighted by molar-refractivity contribution is 0.0473. The molecule has 0 amide bonds. The van der Waals surface area contributed by atoms with Gasteiger partial charge in [0.1, 0.15) is 17.9 Å². The minimum atomic E-state index is -0.606. The molecule has 3 aromatic rings. The monoisotopic (exact) mass is 388 g/mol. The van der Waals surface area contributed by atoms with Crippen LogP contribution < -0.4 is 19.8 Å². The fourth-order valence-electron chi connectivity index (χ4n) is 2.77. The number of carbonyl (C=O) groups excluding carboxylic acids is 1. The topological polar surface area (TPSA) is 84.2 Å². The summed E-state index contributed by atoms with van der Waals surface area (Å²) in [6.45, 7) is -0.0673. The Kier molecular flexibility index (Phi) is 4.37. The number of hydrogen-bond donors (Lipinski definition) is 0. The average Bonchev–Trinajstić information content (AvgIpc) is 3.14. The molecule has 27 heavy (non-hydrogen) atoms. The quantitative estimate of drug-likeness (QED) is 0.499. The number of fused-ring (bicyclic) bond motifs is 2. The molecule has 1 aromatic heterocycles. The van der Waals surface area contributed by atoms with Gasteiger partial charge in [-0.25, -0.2) is 9.59 Å². The molecule has 7 nitrogen and oxygen atoms in total. The zero-order valence-corrected chi connectivity index (χ0v) is 14.9. The van der Waals surface area contributed by atoms with Crippen molar-refractivity contribution < 1.29 is 28.2 Å². The Morgan fingerprint density at radius 3 is 2.85 bits per heavy atom. The van der Waals surface area contributed by atoms with E-state index in [0.29, 0.717) is 33.8 Å². The number of halogens is 1. The SMILES string of the molecule is COc1ccc2c(COC(=O)c3cc(Cl)c4c(c3)OCO4)cc(=O)oc2c1. The highest BCUT2D eigenvalue weighted by Crippen LogP contribution is 2.40. The van der Waals surface area contributed by atoms with Gasteiger partial charge < -0.3 is 23.4 Å². The van der Waals surface area contributed by atoms with Crippen LogP contribution in [0.5, 0.6) is 17.2 Å². The molecule has 8 heteroatoms. The van der Waals surface area contributed by atoms with Crippen LogP contribution in [-0.4, -0.2) is 19.9 Å². The van der Waals surface area contributed by atoms with Crippen molar-refractivity contribution in [2.24, 2.45) is 0 Å². The van der Waals surface area contributed by atoms with Gasteiger partial charge in [-0.15, -0.1) is 0 Å². The van der Waals surface area contributed by atoms with E-state index in [1.165, 1.54) is 25.3 Å². The van der Waals surface area contributed by atoms with Crippen LogP contribution in [0.2, 0.25) is 5.02 Å². The molecule has 2 aromatic carbocycles.